The van der Waals surface area contributed by atoms with Crippen molar-refractivity contribution in [2.24, 2.45) is 11.8 Å². The second kappa shape index (κ2) is 7.81. The van der Waals surface area contributed by atoms with Crippen LogP contribution in [-0.2, 0) is 0 Å². The Labute approximate surface area is 134 Å². The van der Waals surface area contributed by atoms with Crippen LogP contribution >= 0.6 is 7.92 Å². The van der Waals surface area contributed by atoms with Crippen LogP contribution in [-0.4, -0.2) is 17.0 Å². The molecule has 3 unspecified atom stereocenters. The van der Waals surface area contributed by atoms with Crippen molar-refractivity contribution >= 4 is 7.92 Å². The van der Waals surface area contributed by atoms with Crippen molar-refractivity contribution < 1.29 is 0 Å². The van der Waals surface area contributed by atoms with Crippen molar-refractivity contribution in [2.75, 3.05) is 0 Å². The van der Waals surface area contributed by atoms with Gasteiger partial charge < -0.3 is 0 Å². The molecule has 0 aliphatic heterocycles. The first kappa shape index (κ1) is 16.3. The Hall–Kier alpha value is 0.430. The van der Waals surface area contributed by atoms with Crippen molar-refractivity contribution in [3.63, 3.8) is 0 Å². The third-order valence-electron chi connectivity index (χ3n) is 7.01. The summed E-state index contributed by atoms with van der Waals surface area (Å²) in [6.45, 7) is 5.25. The van der Waals surface area contributed by atoms with E-state index in [0.29, 0.717) is 7.92 Å². The van der Waals surface area contributed by atoms with Gasteiger partial charge in [-0.3, -0.25) is 0 Å². The number of hydrogen-bond donors (Lipinski definition) is 0. The maximum atomic E-state index is 2.70. The minimum atomic E-state index is 0.304. The molecule has 3 saturated carbocycles. The molecule has 0 aromatic carbocycles. The molecule has 0 heterocycles. The smallest absolute Gasteiger partial charge is 0.0202 e. The van der Waals surface area contributed by atoms with Gasteiger partial charge in [0.15, 0.2) is 0 Å². The Morgan fingerprint density at radius 2 is 1.19 bits per heavy atom. The second-order valence-corrected chi connectivity index (χ2v) is 11.5. The summed E-state index contributed by atoms with van der Waals surface area (Å²) in [7, 11) is 0.304. The maximum Gasteiger partial charge on any atom is -0.0202 e. The van der Waals surface area contributed by atoms with E-state index in [1.807, 2.05) is 0 Å². The average molecular weight is 308 g/mol. The fourth-order valence-electron chi connectivity index (χ4n) is 5.83. The Morgan fingerprint density at radius 3 is 1.62 bits per heavy atom. The van der Waals surface area contributed by atoms with E-state index in [0.717, 1.165) is 28.8 Å². The van der Waals surface area contributed by atoms with Gasteiger partial charge in [0.25, 0.3) is 0 Å². The van der Waals surface area contributed by atoms with Gasteiger partial charge in [-0.15, -0.1) is 0 Å². The van der Waals surface area contributed by atoms with E-state index in [4.69, 9.17) is 0 Å². The predicted octanol–water partition coefficient (Wildman–Crippen LogP) is 6.96. The highest BCUT2D eigenvalue weighted by Crippen LogP contribution is 2.62. The highest BCUT2D eigenvalue weighted by Gasteiger charge is 2.40. The van der Waals surface area contributed by atoms with Crippen molar-refractivity contribution in [1.82, 2.24) is 0 Å². The summed E-state index contributed by atoms with van der Waals surface area (Å²) in [5, 5.41) is 0. The van der Waals surface area contributed by atoms with Crippen LogP contribution in [0.1, 0.15) is 97.3 Å². The van der Waals surface area contributed by atoms with Gasteiger partial charge in [0.1, 0.15) is 0 Å². The highest BCUT2D eigenvalue weighted by atomic mass is 31.1. The van der Waals surface area contributed by atoms with Gasteiger partial charge in [-0.25, -0.2) is 0 Å². The van der Waals surface area contributed by atoms with Crippen LogP contribution in [0.25, 0.3) is 0 Å². The van der Waals surface area contributed by atoms with E-state index < -0.39 is 0 Å². The first-order chi connectivity index (χ1) is 10.3. The number of hydrogen-bond acceptors (Lipinski definition) is 0. The van der Waals surface area contributed by atoms with Gasteiger partial charge in [-0.1, -0.05) is 73.1 Å². The quantitative estimate of drug-likeness (QED) is 0.492. The van der Waals surface area contributed by atoms with E-state index in [1.165, 1.54) is 25.7 Å². The van der Waals surface area contributed by atoms with Crippen LogP contribution in [0.5, 0.6) is 0 Å². The molecule has 3 rings (SSSR count). The largest absolute Gasteiger partial charge is 0.0971 e. The van der Waals surface area contributed by atoms with Crippen molar-refractivity contribution in [3.05, 3.63) is 0 Å². The van der Waals surface area contributed by atoms with Crippen LogP contribution in [0.4, 0.5) is 0 Å². The van der Waals surface area contributed by atoms with Gasteiger partial charge in [-0.05, 0) is 60.9 Å². The van der Waals surface area contributed by atoms with Crippen LogP contribution in [0.15, 0.2) is 0 Å². The van der Waals surface area contributed by atoms with E-state index in [2.05, 4.69) is 13.8 Å². The summed E-state index contributed by atoms with van der Waals surface area (Å²) in [6, 6.07) is 0. The topological polar surface area (TPSA) is 0 Å². The molecule has 21 heavy (non-hydrogen) atoms. The molecule has 0 bridgehead atoms. The van der Waals surface area contributed by atoms with Crippen LogP contribution < -0.4 is 0 Å². The predicted molar refractivity (Wildman–Crippen MR) is 96.6 cm³/mol. The molecular formula is C20H37P. The first-order valence-corrected chi connectivity index (χ1v) is 11.6. The molecule has 0 aromatic rings. The molecule has 0 amide bonds. The number of rotatable bonds is 4. The minimum Gasteiger partial charge on any atom is -0.0971 e. The minimum absolute atomic E-state index is 0.304. The van der Waals surface area contributed by atoms with E-state index in [1.54, 1.807) is 57.8 Å². The summed E-state index contributed by atoms with van der Waals surface area (Å²) >= 11 is 0. The summed E-state index contributed by atoms with van der Waals surface area (Å²) in [5.41, 5.74) is 3.38. The van der Waals surface area contributed by atoms with E-state index in [-0.39, 0.29) is 0 Å². The molecular weight excluding hydrogens is 271 g/mol. The Morgan fingerprint density at radius 1 is 0.667 bits per heavy atom. The fraction of sp³-hybridized carbons (Fsp3) is 1.00. The van der Waals surface area contributed by atoms with Gasteiger partial charge in [0, 0.05) is 0 Å². The standard InChI is InChI=1S/C20H37P/c1-16-10-9-15-20(16)17(2)21(18-11-5-3-6-12-18)19-13-7-4-8-14-19/h16-20H,3-15H2,1-2H3. The lowest BCUT2D eigenvalue weighted by molar-refractivity contribution is 0.402. The molecule has 0 radical (unpaired) electrons. The molecule has 3 atom stereocenters. The zero-order chi connectivity index (χ0) is 14.7. The van der Waals surface area contributed by atoms with E-state index in [9.17, 15) is 0 Å². The fourth-order valence-corrected chi connectivity index (χ4v) is 10.6. The van der Waals surface area contributed by atoms with E-state index >= 15 is 0 Å². The average Bonchev–Trinajstić information content (AvgIpc) is 2.96. The Balaban J connectivity index is 1.73. The Bertz CT molecular complexity index is 283. The van der Waals surface area contributed by atoms with Crippen molar-refractivity contribution in [1.29, 1.82) is 0 Å². The summed E-state index contributed by atoms with van der Waals surface area (Å²) in [5.74, 6) is 2.11. The van der Waals surface area contributed by atoms with Gasteiger partial charge in [0.2, 0.25) is 0 Å². The maximum absolute atomic E-state index is 2.70. The molecule has 0 spiro atoms. The summed E-state index contributed by atoms with van der Waals surface area (Å²) in [6.07, 6.45) is 20.2. The highest BCUT2D eigenvalue weighted by molar-refractivity contribution is 7.59. The van der Waals surface area contributed by atoms with Crippen LogP contribution in [0.3, 0.4) is 0 Å². The third-order valence-corrected chi connectivity index (χ3v) is 11.1. The van der Waals surface area contributed by atoms with Crippen LogP contribution in [0.2, 0.25) is 0 Å². The van der Waals surface area contributed by atoms with Gasteiger partial charge in [-0.2, -0.15) is 0 Å². The monoisotopic (exact) mass is 308 g/mol. The lowest BCUT2D eigenvalue weighted by Gasteiger charge is -2.44. The zero-order valence-corrected chi connectivity index (χ0v) is 15.4. The second-order valence-electron chi connectivity index (χ2n) is 8.34. The third kappa shape index (κ3) is 3.85. The van der Waals surface area contributed by atoms with Crippen LogP contribution in [0, 0.1) is 11.8 Å². The molecule has 0 N–H and O–H groups in total. The van der Waals surface area contributed by atoms with Crippen molar-refractivity contribution in [2.45, 2.75) is 114 Å². The molecule has 3 aliphatic carbocycles. The SMILES string of the molecule is CC1CCCC1C(C)P(C1CCCCC1)C1CCCCC1. The molecule has 122 valence electrons. The molecule has 3 fully saturated rings. The molecule has 0 aromatic heterocycles. The lowest BCUT2D eigenvalue weighted by Crippen LogP contribution is -2.30. The summed E-state index contributed by atoms with van der Waals surface area (Å²) in [4.78, 5) is 0. The first-order valence-electron chi connectivity index (χ1n) is 10.0. The lowest BCUT2D eigenvalue weighted by atomic mass is 9.95. The normalized spacial score (nSPS) is 34.4. The van der Waals surface area contributed by atoms with Crippen molar-refractivity contribution in [3.8, 4) is 0 Å². The summed E-state index contributed by atoms with van der Waals surface area (Å²) < 4.78 is 0. The zero-order valence-electron chi connectivity index (χ0n) is 14.5. The molecule has 0 saturated heterocycles. The van der Waals surface area contributed by atoms with Gasteiger partial charge >= 0.3 is 0 Å². The molecule has 3 aliphatic rings. The van der Waals surface area contributed by atoms with Gasteiger partial charge in [0.05, 0.1) is 0 Å². The molecule has 0 nitrogen and oxygen atoms in total. The molecule has 1 heteroatoms. The Kier molecular flexibility index (Phi) is 6.06.